The second-order valence-electron chi connectivity index (χ2n) is 6.95. The van der Waals surface area contributed by atoms with Crippen LogP contribution in [0.2, 0.25) is 0 Å². The topological polar surface area (TPSA) is 71.3 Å². The van der Waals surface area contributed by atoms with Crippen molar-refractivity contribution in [2.75, 3.05) is 18.4 Å². The average Bonchev–Trinajstić information content (AvgIpc) is 3.12. The summed E-state index contributed by atoms with van der Waals surface area (Å²) in [6, 6.07) is 15.7. The maximum atomic E-state index is 12.5. The van der Waals surface area contributed by atoms with Gasteiger partial charge >= 0.3 is 0 Å². The monoisotopic (exact) mass is 378 g/mol. The highest BCUT2D eigenvalue weighted by Gasteiger charge is 2.16. The molecule has 0 aliphatic rings. The molecule has 6 heteroatoms. The van der Waals surface area contributed by atoms with Crippen molar-refractivity contribution in [2.24, 2.45) is 0 Å². The largest absolute Gasteiger partial charge is 0.338 e. The molecule has 146 valence electrons. The number of anilines is 1. The molecule has 3 rings (SSSR count). The third-order valence-corrected chi connectivity index (χ3v) is 4.43. The molecule has 0 radical (unpaired) electrons. The zero-order chi connectivity index (χ0) is 19.9. The zero-order valence-electron chi connectivity index (χ0n) is 16.6. The van der Waals surface area contributed by atoms with Gasteiger partial charge in [-0.2, -0.15) is 4.98 Å². The molecule has 2 aromatic carbocycles. The molecule has 1 aromatic heterocycles. The van der Waals surface area contributed by atoms with Gasteiger partial charge in [0.05, 0.1) is 13.1 Å². The van der Waals surface area contributed by atoms with Crippen molar-refractivity contribution in [2.45, 2.75) is 33.7 Å². The summed E-state index contributed by atoms with van der Waals surface area (Å²) in [5, 5.41) is 7.06. The van der Waals surface area contributed by atoms with Gasteiger partial charge in [0, 0.05) is 11.3 Å². The molecule has 0 unspecified atom stereocenters. The van der Waals surface area contributed by atoms with Crippen LogP contribution in [0.5, 0.6) is 0 Å². The molecule has 0 bridgehead atoms. The number of aromatic nitrogens is 2. The molecule has 0 saturated carbocycles. The number of amides is 1. The van der Waals surface area contributed by atoms with E-state index >= 15 is 0 Å². The van der Waals surface area contributed by atoms with E-state index < -0.39 is 0 Å². The maximum Gasteiger partial charge on any atom is 0.241 e. The van der Waals surface area contributed by atoms with Crippen LogP contribution in [0.3, 0.4) is 0 Å². The third-order valence-electron chi connectivity index (χ3n) is 4.43. The summed E-state index contributed by atoms with van der Waals surface area (Å²) in [6.45, 7) is 7.56. The van der Waals surface area contributed by atoms with Gasteiger partial charge in [-0.25, -0.2) is 0 Å². The van der Waals surface area contributed by atoms with Crippen molar-refractivity contribution < 1.29 is 9.32 Å². The minimum atomic E-state index is -0.0545. The molecule has 6 nitrogen and oxygen atoms in total. The third kappa shape index (κ3) is 5.27. The molecule has 28 heavy (non-hydrogen) atoms. The SMILES string of the molecule is CCCN(CC(=O)Nc1ccccc1C)Cc1nc(-c2cccc(C)c2)no1. The molecular formula is C22H26N4O2. The van der Waals surface area contributed by atoms with Crippen LogP contribution in [-0.2, 0) is 11.3 Å². The summed E-state index contributed by atoms with van der Waals surface area (Å²) in [7, 11) is 0. The van der Waals surface area contributed by atoms with E-state index in [2.05, 4.69) is 22.4 Å². The Hall–Kier alpha value is -2.99. The fourth-order valence-electron chi connectivity index (χ4n) is 3.05. The van der Waals surface area contributed by atoms with Gasteiger partial charge in [0.2, 0.25) is 17.6 Å². The van der Waals surface area contributed by atoms with Gasteiger partial charge in [0.1, 0.15) is 0 Å². The predicted octanol–water partition coefficient (Wildman–Crippen LogP) is 4.20. The first-order valence-electron chi connectivity index (χ1n) is 9.52. The fraction of sp³-hybridized carbons (Fsp3) is 0.318. The summed E-state index contributed by atoms with van der Waals surface area (Å²) in [4.78, 5) is 19.0. The summed E-state index contributed by atoms with van der Waals surface area (Å²) >= 11 is 0. The Morgan fingerprint density at radius 3 is 2.71 bits per heavy atom. The molecule has 0 spiro atoms. The predicted molar refractivity (Wildman–Crippen MR) is 110 cm³/mol. The molecule has 0 aliphatic heterocycles. The lowest BCUT2D eigenvalue weighted by Crippen LogP contribution is -2.33. The Labute approximate surface area is 165 Å². The number of nitrogens with one attached hydrogen (secondary N) is 1. The van der Waals surface area contributed by atoms with Gasteiger partial charge in [-0.15, -0.1) is 0 Å². The first kappa shape index (κ1) is 19.8. The molecule has 0 saturated heterocycles. The van der Waals surface area contributed by atoms with E-state index in [9.17, 15) is 4.79 Å². The van der Waals surface area contributed by atoms with E-state index in [1.165, 1.54) is 0 Å². The summed E-state index contributed by atoms with van der Waals surface area (Å²) < 4.78 is 5.42. The highest BCUT2D eigenvalue weighted by molar-refractivity contribution is 5.92. The van der Waals surface area contributed by atoms with Crippen molar-refractivity contribution in [3.8, 4) is 11.4 Å². The lowest BCUT2D eigenvalue weighted by Gasteiger charge is -2.19. The number of carbonyl (C=O) groups excluding carboxylic acids is 1. The van der Waals surface area contributed by atoms with Gasteiger partial charge in [-0.05, 0) is 44.5 Å². The zero-order valence-corrected chi connectivity index (χ0v) is 16.6. The second kappa shape index (κ2) is 9.28. The van der Waals surface area contributed by atoms with Gasteiger partial charge in [-0.1, -0.05) is 54.0 Å². The van der Waals surface area contributed by atoms with E-state index in [4.69, 9.17) is 4.52 Å². The molecule has 0 aliphatic carbocycles. The molecule has 3 aromatic rings. The van der Waals surface area contributed by atoms with Crippen LogP contribution in [0.1, 0.15) is 30.4 Å². The molecule has 1 amide bonds. The number of para-hydroxylation sites is 1. The Bertz CT molecular complexity index is 936. The minimum absolute atomic E-state index is 0.0545. The lowest BCUT2D eigenvalue weighted by molar-refractivity contribution is -0.117. The smallest absolute Gasteiger partial charge is 0.241 e. The molecule has 1 heterocycles. The van der Waals surface area contributed by atoms with Gasteiger partial charge in [-0.3, -0.25) is 9.69 Å². The fourth-order valence-corrected chi connectivity index (χ4v) is 3.05. The highest BCUT2D eigenvalue weighted by atomic mass is 16.5. The van der Waals surface area contributed by atoms with E-state index in [1.807, 2.05) is 67.3 Å². The summed E-state index contributed by atoms with van der Waals surface area (Å²) in [5.41, 5.74) is 3.94. The van der Waals surface area contributed by atoms with Crippen LogP contribution in [-0.4, -0.2) is 34.0 Å². The van der Waals surface area contributed by atoms with Crippen LogP contribution in [0.25, 0.3) is 11.4 Å². The molecule has 0 fully saturated rings. The quantitative estimate of drug-likeness (QED) is 0.636. The highest BCUT2D eigenvalue weighted by Crippen LogP contribution is 2.18. The standard InChI is InChI=1S/C22H26N4O2/c1-4-12-26(14-20(27)23-19-11-6-5-9-17(19)3)15-21-24-22(25-28-21)18-10-7-8-16(2)13-18/h5-11,13H,4,12,14-15H2,1-3H3,(H,23,27). The van der Waals surface area contributed by atoms with Crippen molar-refractivity contribution in [3.05, 3.63) is 65.5 Å². The van der Waals surface area contributed by atoms with Crippen molar-refractivity contribution in [3.63, 3.8) is 0 Å². The number of carbonyl (C=O) groups is 1. The number of hydrogen-bond donors (Lipinski definition) is 1. The van der Waals surface area contributed by atoms with E-state index in [0.717, 1.165) is 35.3 Å². The Morgan fingerprint density at radius 2 is 1.96 bits per heavy atom. The summed E-state index contributed by atoms with van der Waals surface area (Å²) in [6.07, 6.45) is 0.927. The normalized spacial score (nSPS) is 11.0. The minimum Gasteiger partial charge on any atom is -0.338 e. The van der Waals surface area contributed by atoms with Crippen LogP contribution < -0.4 is 5.32 Å². The molecule has 1 N–H and O–H groups in total. The number of hydrogen-bond acceptors (Lipinski definition) is 5. The lowest BCUT2D eigenvalue weighted by atomic mass is 10.1. The van der Waals surface area contributed by atoms with Crippen molar-refractivity contribution >= 4 is 11.6 Å². The Morgan fingerprint density at radius 1 is 1.14 bits per heavy atom. The average molecular weight is 378 g/mol. The number of aryl methyl sites for hydroxylation is 2. The van der Waals surface area contributed by atoms with E-state index in [1.54, 1.807) is 0 Å². The number of rotatable bonds is 8. The number of benzene rings is 2. The van der Waals surface area contributed by atoms with E-state index in [-0.39, 0.29) is 12.5 Å². The second-order valence-corrected chi connectivity index (χ2v) is 6.95. The Kier molecular flexibility index (Phi) is 6.55. The van der Waals surface area contributed by atoms with E-state index in [0.29, 0.717) is 18.3 Å². The molecule has 0 atom stereocenters. The van der Waals surface area contributed by atoms with Crippen LogP contribution in [0.15, 0.2) is 53.1 Å². The first-order chi connectivity index (χ1) is 13.5. The summed E-state index contributed by atoms with van der Waals surface area (Å²) in [5.74, 6) is 1.02. The molecular weight excluding hydrogens is 352 g/mol. The number of nitrogens with zero attached hydrogens (tertiary/aromatic N) is 3. The van der Waals surface area contributed by atoms with Gasteiger partial charge < -0.3 is 9.84 Å². The first-order valence-corrected chi connectivity index (χ1v) is 9.52. The van der Waals surface area contributed by atoms with Crippen molar-refractivity contribution in [1.29, 1.82) is 0 Å². The van der Waals surface area contributed by atoms with Gasteiger partial charge in [0.15, 0.2) is 0 Å². The van der Waals surface area contributed by atoms with Crippen LogP contribution >= 0.6 is 0 Å². The Balaban J connectivity index is 1.64. The van der Waals surface area contributed by atoms with Crippen LogP contribution in [0, 0.1) is 13.8 Å². The maximum absolute atomic E-state index is 12.5. The van der Waals surface area contributed by atoms with Crippen molar-refractivity contribution in [1.82, 2.24) is 15.0 Å². The van der Waals surface area contributed by atoms with Crippen LogP contribution in [0.4, 0.5) is 5.69 Å². The van der Waals surface area contributed by atoms with Gasteiger partial charge in [0.25, 0.3) is 0 Å².